The lowest BCUT2D eigenvalue weighted by molar-refractivity contribution is -0.159. The molecule has 1 aromatic rings. The van der Waals surface area contributed by atoms with Crippen LogP contribution in [0, 0.1) is 11.3 Å². The zero-order valence-electron chi connectivity index (χ0n) is 13.2. The second-order valence-electron chi connectivity index (χ2n) is 6.61. The topological polar surface area (TPSA) is 66.8 Å². The summed E-state index contributed by atoms with van der Waals surface area (Å²) in [6.45, 7) is 1.66. The van der Waals surface area contributed by atoms with Gasteiger partial charge in [0.2, 0.25) is 5.91 Å². The Morgan fingerprint density at radius 3 is 2.78 bits per heavy atom. The van der Waals surface area contributed by atoms with Crippen LogP contribution >= 0.6 is 0 Å². The van der Waals surface area contributed by atoms with Crippen molar-refractivity contribution in [2.24, 2.45) is 11.3 Å². The second kappa shape index (κ2) is 6.71. The van der Waals surface area contributed by atoms with Gasteiger partial charge in [0.15, 0.2) is 0 Å². The van der Waals surface area contributed by atoms with Crippen molar-refractivity contribution in [2.45, 2.75) is 25.7 Å². The summed E-state index contributed by atoms with van der Waals surface area (Å²) in [6.07, 6.45) is 2.86. The molecule has 2 fully saturated rings. The number of aryl methyl sites for hydroxylation is 1. The molecule has 5 nitrogen and oxygen atoms in total. The largest absolute Gasteiger partial charge is 0.481 e. The van der Waals surface area contributed by atoms with Crippen LogP contribution in [0.2, 0.25) is 0 Å². The van der Waals surface area contributed by atoms with Gasteiger partial charge in [-0.15, -0.1) is 0 Å². The smallest absolute Gasteiger partial charge is 0.314 e. The van der Waals surface area contributed by atoms with Crippen LogP contribution in [-0.2, 0) is 20.7 Å². The fourth-order valence-electron chi connectivity index (χ4n) is 3.73. The number of aliphatic carboxylic acids is 1. The van der Waals surface area contributed by atoms with Crippen LogP contribution in [0.5, 0.6) is 0 Å². The summed E-state index contributed by atoms with van der Waals surface area (Å²) in [7, 11) is 0. The van der Waals surface area contributed by atoms with Crippen LogP contribution in [0.1, 0.15) is 24.8 Å². The van der Waals surface area contributed by atoms with Crippen molar-refractivity contribution in [1.29, 1.82) is 0 Å². The van der Waals surface area contributed by atoms with Gasteiger partial charge in [0.25, 0.3) is 0 Å². The number of rotatable bonds is 5. The lowest BCUT2D eigenvalue weighted by Crippen LogP contribution is -2.46. The molecule has 124 valence electrons. The molecule has 3 rings (SSSR count). The van der Waals surface area contributed by atoms with Gasteiger partial charge in [0, 0.05) is 26.1 Å². The Kier molecular flexibility index (Phi) is 4.66. The monoisotopic (exact) mass is 317 g/mol. The predicted octanol–water partition coefficient (Wildman–Crippen LogP) is 1.96. The van der Waals surface area contributed by atoms with E-state index >= 15 is 0 Å². The molecule has 1 aromatic carbocycles. The first-order chi connectivity index (χ1) is 11.1. The summed E-state index contributed by atoms with van der Waals surface area (Å²) in [5, 5.41) is 9.61. The quantitative estimate of drug-likeness (QED) is 0.901. The Balaban J connectivity index is 1.55. The average Bonchev–Trinajstić information content (AvgIpc) is 2.97. The van der Waals surface area contributed by atoms with E-state index in [4.69, 9.17) is 4.74 Å². The number of likely N-dealkylation sites (tertiary alicyclic amines) is 1. The molecule has 0 saturated carbocycles. The first kappa shape index (κ1) is 16.0. The van der Waals surface area contributed by atoms with Crippen molar-refractivity contribution < 1.29 is 19.4 Å². The number of benzene rings is 1. The third-order valence-electron chi connectivity index (χ3n) is 5.14. The average molecular weight is 317 g/mol. The fourth-order valence-corrected chi connectivity index (χ4v) is 3.73. The third-order valence-corrected chi connectivity index (χ3v) is 5.14. The highest BCUT2D eigenvalue weighted by molar-refractivity contribution is 5.81. The van der Waals surface area contributed by atoms with Crippen molar-refractivity contribution >= 4 is 11.9 Å². The SMILES string of the molecule is O=C(CCCc1ccccc1)N1C[C@@H]2CCOC[C@]2(C(=O)O)C1. The van der Waals surface area contributed by atoms with Gasteiger partial charge in [-0.2, -0.15) is 0 Å². The highest BCUT2D eigenvalue weighted by atomic mass is 16.5. The predicted molar refractivity (Wildman–Crippen MR) is 85.0 cm³/mol. The Hall–Kier alpha value is -1.88. The van der Waals surface area contributed by atoms with Crippen molar-refractivity contribution in [2.75, 3.05) is 26.3 Å². The van der Waals surface area contributed by atoms with Gasteiger partial charge in [0.1, 0.15) is 5.41 Å². The van der Waals surface area contributed by atoms with E-state index < -0.39 is 11.4 Å². The molecule has 0 aromatic heterocycles. The second-order valence-corrected chi connectivity index (χ2v) is 6.61. The molecule has 0 bridgehead atoms. The van der Waals surface area contributed by atoms with Gasteiger partial charge in [0.05, 0.1) is 6.61 Å². The first-order valence-electron chi connectivity index (χ1n) is 8.25. The highest BCUT2D eigenvalue weighted by Gasteiger charge is 2.54. The number of hydrogen-bond acceptors (Lipinski definition) is 3. The van der Waals surface area contributed by atoms with Gasteiger partial charge in [-0.25, -0.2) is 0 Å². The summed E-state index contributed by atoms with van der Waals surface area (Å²) in [4.78, 5) is 25.9. The summed E-state index contributed by atoms with van der Waals surface area (Å²) in [6, 6.07) is 10.1. The number of carbonyl (C=O) groups excluding carboxylic acids is 1. The van der Waals surface area contributed by atoms with Gasteiger partial charge in [-0.3, -0.25) is 9.59 Å². The molecule has 1 amide bonds. The van der Waals surface area contributed by atoms with Crippen molar-refractivity contribution in [3.8, 4) is 0 Å². The number of carboxylic acid groups (broad SMARTS) is 1. The standard InChI is InChI=1S/C18H23NO4/c20-16(8-4-7-14-5-2-1-3-6-14)19-11-15-9-10-23-13-18(15,12-19)17(21)22/h1-3,5-6,15H,4,7-13H2,(H,21,22)/t15-,18+/m0/s1. The maximum Gasteiger partial charge on any atom is 0.314 e. The number of fused-ring (bicyclic) bond motifs is 1. The zero-order valence-corrected chi connectivity index (χ0v) is 13.2. The van der Waals surface area contributed by atoms with Gasteiger partial charge >= 0.3 is 5.97 Å². The molecule has 5 heteroatoms. The molecular formula is C18H23NO4. The van der Waals surface area contributed by atoms with E-state index in [9.17, 15) is 14.7 Å². The van der Waals surface area contributed by atoms with Crippen molar-refractivity contribution in [3.63, 3.8) is 0 Å². The van der Waals surface area contributed by atoms with Crippen LogP contribution in [-0.4, -0.2) is 48.2 Å². The number of ether oxygens (including phenoxy) is 1. The van der Waals surface area contributed by atoms with Gasteiger partial charge in [-0.05, 0) is 30.7 Å². The molecular weight excluding hydrogens is 294 g/mol. The van der Waals surface area contributed by atoms with E-state index in [0.29, 0.717) is 19.6 Å². The maximum absolute atomic E-state index is 12.4. The maximum atomic E-state index is 12.4. The summed E-state index contributed by atoms with van der Waals surface area (Å²) in [5.41, 5.74) is 0.332. The van der Waals surface area contributed by atoms with Crippen LogP contribution in [0.4, 0.5) is 0 Å². The van der Waals surface area contributed by atoms with Crippen LogP contribution < -0.4 is 0 Å². The van der Waals surface area contributed by atoms with Crippen LogP contribution in [0.15, 0.2) is 30.3 Å². The minimum atomic E-state index is -0.895. The highest BCUT2D eigenvalue weighted by Crippen LogP contribution is 2.41. The molecule has 2 atom stereocenters. The summed E-state index contributed by atoms with van der Waals surface area (Å²) >= 11 is 0. The molecule has 2 aliphatic rings. The first-order valence-corrected chi connectivity index (χ1v) is 8.25. The van der Waals surface area contributed by atoms with E-state index in [0.717, 1.165) is 19.3 Å². The molecule has 0 unspecified atom stereocenters. The minimum absolute atomic E-state index is 0.0202. The molecule has 1 N–H and O–H groups in total. The van der Waals surface area contributed by atoms with E-state index in [1.54, 1.807) is 4.90 Å². The Morgan fingerprint density at radius 1 is 1.30 bits per heavy atom. The number of carbonyl (C=O) groups is 2. The number of nitrogens with zero attached hydrogens (tertiary/aromatic N) is 1. The summed E-state index contributed by atoms with van der Waals surface area (Å²) < 4.78 is 5.40. The molecule has 0 aliphatic carbocycles. The fraction of sp³-hybridized carbons (Fsp3) is 0.556. The zero-order chi connectivity index (χ0) is 16.3. The number of hydrogen-bond donors (Lipinski definition) is 1. The lowest BCUT2D eigenvalue weighted by atomic mass is 9.76. The molecule has 2 saturated heterocycles. The molecule has 2 aliphatic heterocycles. The Bertz CT molecular complexity index is 574. The molecule has 0 spiro atoms. The van der Waals surface area contributed by atoms with E-state index in [1.807, 2.05) is 18.2 Å². The third kappa shape index (κ3) is 3.24. The molecule has 23 heavy (non-hydrogen) atoms. The van der Waals surface area contributed by atoms with E-state index in [2.05, 4.69) is 12.1 Å². The number of amides is 1. The lowest BCUT2D eigenvalue weighted by Gasteiger charge is -2.33. The minimum Gasteiger partial charge on any atom is -0.481 e. The van der Waals surface area contributed by atoms with Crippen molar-refractivity contribution in [1.82, 2.24) is 4.90 Å². The van der Waals surface area contributed by atoms with Gasteiger partial charge < -0.3 is 14.7 Å². The number of carboxylic acids is 1. The van der Waals surface area contributed by atoms with E-state index in [-0.39, 0.29) is 25.0 Å². The summed E-state index contributed by atoms with van der Waals surface area (Å²) in [5.74, 6) is -0.746. The van der Waals surface area contributed by atoms with E-state index in [1.165, 1.54) is 5.56 Å². The Morgan fingerprint density at radius 2 is 2.09 bits per heavy atom. The molecule has 2 heterocycles. The normalized spacial score (nSPS) is 26.8. The van der Waals surface area contributed by atoms with Crippen LogP contribution in [0.3, 0.4) is 0 Å². The molecule has 0 radical (unpaired) electrons. The Labute approximate surface area is 136 Å². The van der Waals surface area contributed by atoms with Crippen LogP contribution in [0.25, 0.3) is 0 Å². The van der Waals surface area contributed by atoms with Crippen molar-refractivity contribution in [3.05, 3.63) is 35.9 Å². The van der Waals surface area contributed by atoms with Gasteiger partial charge in [-0.1, -0.05) is 30.3 Å².